The van der Waals surface area contributed by atoms with Crippen molar-refractivity contribution >= 4 is 5.91 Å². The Balaban J connectivity index is 1.56. The first-order valence-electron chi connectivity index (χ1n) is 8.46. The molecule has 0 aliphatic heterocycles. The van der Waals surface area contributed by atoms with E-state index in [9.17, 15) is 4.79 Å². The molecule has 3 aromatic rings. The SMILES string of the molecule is COc1ccc(-c2noc(CNC(=O)Cc3ccc(OC)c(C)c3)n2)cc1. The van der Waals surface area contributed by atoms with Crippen molar-refractivity contribution < 1.29 is 18.8 Å². The molecule has 0 spiro atoms. The Morgan fingerprint density at radius 2 is 1.89 bits per heavy atom. The van der Waals surface area contributed by atoms with Gasteiger partial charge >= 0.3 is 0 Å². The average molecular weight is 367 g/mol. The highest BCUT2D eigenvalue weighted by Gasteiger charge is 2.11. The number of hydrogen-bond donors (Lipinski definition) is 1. The van der Waals surface area contributed by atoms with Crippen molar-refractivity contribution in [3.05, 3.63) is 59.5 Å². The third-order valence-corrected chi connectivity index (χ3v) is 4.08. The summed E-state index contributed by atoms with van der Waals surface area (Å²) in [6.45, 7) is 2.12. The molecule has 1 aromatic heterocycles. The lowest BCUT2D eigenvalue weighted by Crippen LogP contribution is -2.24. The van der Waals surface area contributed by atoms with E-state index in [1.807, 2.05) is 49.4 Å². The van der Waals surface area contributed by atoms with Crippen LogP contribution in [0.15, 0.2) is 47.0 Å². The van der Waals surface area contributed by atoms with E-state index in [1.54, 1.807) is 14.2 Å². The lowest BCUT2D eigenvalue weighted by Gasteiger charge is -2.07. The lowest BCUT2D eigenvalue weighted by atomic mass is 10.1. The normalized spacial score (nSPS) is 10.5. The molecule has 3 rings (SSSR count). The molecule has 0 fully saturated rings. The third-order valence-electron chi connectivity index (χ3n) is 4.08. The number of carbonyl (C=O) groups excluding carboxylic acids is 1. The van der Waals surface area contributed by atoms with Crippen LogP contribution in [-0.2, 0) is 17.8 Å². The molecule has 0 atom stereocenters. The molecule has 0 radical (unpaired) electrons. The monoisotopic (exact) mass is 367 g/mol. The van der Waals surface area contributed by atoms with E-state index < -0.39 is 0 Å². The molecule has 0 bridgehead atoms. The van der Waals surface area contributed by atoms with Gasteiger partial charge in [-0.25, -0.2) is 0 Å². The van der Waals surface area contributed by atoms with E-state index in [0.29, 0.717) is 11.7 Å². The van der Waals surface area contributed by atoms with E-state index in [-0.39, 0.29) is 18.9 Å². The molecular formula is C20H21N3O4. The summed E-state index contributed by atoms with van der Waals surface area (Å²) in [5.41, 5.74) is 2.71. The highest BCUT2D eigenvalue weighted by molar-refractivity contribution is 5.78. The Bertz CT molecular complexity index is 919. The summed E-state index contributed by atoms with van der Waals surface area (Å²) in [5.74, 6) is 2.25. The Kier molecular flexibility index (Phi) is 5.71. The van der Waals surface area contributed by atoms with E-state index >= 15 is 0 Å². The minimum atomic E-state index is -0.122. The van der Waals surface area contributed by atoms with Gasteiger partial charge in [0.15, 0.2) is 0 Å². The maximum atomic E-state index is 12.2. The van der Waals surface area contributed by atoms with E-state index in [4.69, 9.17) is 14.0 Å². The molecule has 0 saturated carbocycles. The molecule has 0 saturated heterocycles. The first-order valence-corrected chi connectivity index (χ1v) is 8.46. The zero-order valence-corrected chi connectivity index (χ0v) is 15.5. The lowest BCUT2D eigenvalue weighted by molar-refractivity contribution is -0.120. The molecule has 1 heterocycles. The number of nitrogens with zero attached hydrogens (tertiary/aromatic N) is 2. The van der Waals surface area contributed by atoms with Crippen molar-refractivity contribution in [2.24, 2.45) is 0 Å². The van der Waals surface area contributed by atoms with Gasteiger partial charge in [0.25, 0.3) is 0 Å². The Hall–Kier alpha value is -3.35. The molecule has 27 heavy (non-hydrogen) atoms. The number of aryl methyl sites for hydroxylation is 1. The minimum absolute atomic E-state index is 0.122. The summed E-state index contributed by atoms with van der Waals surface area (Å²) in [4.78, 5) is 16.5. The van der Waals surface area contributed by atoms with Gasteiger partial charge < -0.3 is 19.3 Å². The molecule has 7 heteroatoms. The number of carbonyl (C=O) groups is 1. The second kappa shape index (κ2) is 8.35. The predicted molar refractivity (Wildman–Crippen MR) is 99.6 cm³/mol. The summed E-state index contributed by atoms with van der Waals surface area (Å²) in [5, 5.41) is 6.73. The van der Waals surface area contributed by atoms with Crippen LogP contribution in [-0.4, -0.2) is 30.3 Å². The van der Waals surface area contributed by atoms with Crippen LogP contribution in [0, 0.1) is 6.92 Å². The van der Waals surface area contributed by atoms with E-state index in [1.165, 1.54) is 0 Å². The van der Waals surface area contributed by atoms with Crippen LogP contribution in [0.1, 0.15) is 17.0 Å². The Morgan fingerprint density at radius 1 is 1.11 bits per heavy atom. The fourth-order valence-corrected chi connectivity index (χ4v) is 2.66. The molecule has 2 aromatic carbocycles. The number of amides is 1. The van der Waals surface area contributed by atoms with Crippen LogP contribution < -0.4 is 14.8 Å². The van der Waals surface area contributed by atoms with Gasteiger partial charge in [0, 0.05) is 5.56 Å². The molecule has 1 amide bonds. The number of methoxy groups -OCH3 is 2. The molecular weight excluding hydrogens is 346 g/mol. The zero-order chi connectivity index (χ0) is 19.2. The van der Waals surface area contributed by atoms with E-state index in [0.717, 1.165) is 28.2 Å². The van der Waals surface area contributed by atoms with Crippen molar-refractivity contribution in [3.63, 3.8) is 0 Å². The molecule has 0 unspecified atom stereocenters. The van der Waals surface area contributed by atoms with Gasteiger partial charge in [-0.05, 0) is 48.4 Å². The third kappa shape index (κ3) is 4.63. The average Bonchev–Trinajstić information content (AvgIpc) is 3.16. The van der Waals surface area contributed by atoms with Crippen molar-refractivity contribution in [1.29, 1.82) is 0 Å². The summed E-state index contributed by atoms with van der Waals surface area (Å²) in [6, 6.07) is 13.0. The number of nitrogens with one attached hydrogen (secondary N) is 1. The van der Waals surface area contributed by atoms with Crippen LogP contribution >= 0.6 is 0 Å². The molecule has 0 aliphatic rings. The number of hydrogen-bond acceptors (Lipinski definition) is 6. The summed E-state index contributed by atoms with van der Waals surface area (Å²) in [6.07, 6.45) is 0.268. The largest absolute Gasteiger partial charge is 0.497 e. The molecule has 0 aliphatic carbocycles. The Labute approximate surface area is 157 Å². The second-order valence-electron chi connectivity index (χ2n) is 6.00. The number of ether oxygens (including phenoxy) is 2. The maximum absolute atomic E-state index is 12.2. The molecule has 7 nitrogen and oxygen atoms in total. The summed E-state index contributed by atoms with van der Waals surface area (Å²) in [7, 11) is 3.23. The second-order valence-corrected chi connectivity index (χ2v) is 6.00. The topological polar surface area (TPSA) is 86.5 Å². The quantitative estimate of drug-likeness (QED) is 0.691. The molecule has 140 valence electrons. The van der Waals surface area contributed by atoms with Crippen molar-refractivity contribution in [2.45, 2.75) is 19.9 Å². The van der Waals surface area contributed by atoms with Crippen LogP contribution in [0.25, 0.3) is 11.4 Å². The molecule has 1 N–H and O–H groups in total. The minimum Gasteiger partial charge on any atom is -0.497 e. The van der Waals surface area contributed by atoms with Crippen molar-refractivity contribution in [1.82, 2.24) is 15.5 Å². The van der Waals surface area contributed by atoms with Crippen LogP contribution in [0.4, 0.5) is 0 Å². The van der Waals surface area contributed by atoms with Gasteiger partial charge in [0.2, 0.25) is 17.6 Å². The first-order chi connectivity index (χ1) is 13.1. The first kappa shape index (κ1) is 18.4. The smallest absolute Gasteiger partial charge is 0.246 e. The van der Waals surface area contributed by atoms with Crippen molar-refractivity contribution in [3.8, 4) is 22.9 Å². The van der Waals surface area contributed by atoms with Gasteiger partial charge in [-0.3, -0.25) is 4.79 Å². The highest BCUT2D eigenvalue weighted by atomic mass is 16.5. The fourth-order valence-electron chi connectivity index (χ4n) is 2.66. The fraction of sp³-hybridized carbons (Fsp3) is 0.250. The van der Waals surface area contributed by atoms with Crippen molar-refractivity contribution in [2.75, 3.05) is 14.2 Å². The summed E-state index contributed by atoms with van der Waals surface area (Å²) >= 11 is 0. The van der Waals surface area contributed by atoms with E-state index in [2.05, 4.69) is 15.5 Å². The van der Waals surface area contributed by atoms with Crippen LogP contribution in [0.3, 0.4) is 0 Å². The predicted octanol–water partition coefficient (Wildman–Crippen LogP) is 2.92. The van der Waals surface area contributed by atoms with Gasteiger partial charge in [-0.1, -0.05) is 17.3 Å². The van der Waals surface area contributed by atoms with Gasteiger partial charge in [0.05, 0.1) is 27.2 Å². The maximum Gasteiger partial charge on any atom is 0.246 e. The standard InChI is InChI=1S/C20H21N3O4/c1-13-10-14(4-9-17(13)26-3)11-18(24)21-12-19-22-20(23-27-19)15-5-7-16(25-2)8-6-15/h4-10H,11-12H2,1-3H3,(H,21,24). The number of rotatable bonds is 7. The van der Waals surface area contributed by atoms with Crippen LogP contribution in [0.2, 0.25) is 0 Å². The zero-order valence-electron chi connectivity index (χ0n) is 15.5. The summed E-state index contributed by atoms with van der Waals surface area (Å²) < 4.78 is 15.6. The van der Waals surface area contributed by atoms with Gasteiger partial charge in [-0.15, -0.1) is 0 Å². The van der Waals surface area contributed by atoms with Crippen LogP contribution in [0.5, 0.6) is 11.5 Å². The highest BCUT2D eigenvalue weighted by Crippen LogP contribution is 2.20. The Morgan fingerprint density at radius 3 is 2.56 bits per heavy atom. The van der Waals surface area contributed by atoms with Gasteiger partial charge in [-0.2, -0.15) is 4.98 Å². The number of aromatic nitrogens is 2. The van der Waals surface area contributed by atoms with Gasteiger partial charge in [0.1, 0.15) is 11.5 Å². The number of benzene rings is 2.